The highest BCUT2D eigenvalue weighted by atomic mass is 32.1. The third-order valence-electron chi connectivity index (χ3n) is 4.11. The monoisotopic (exact) mass is 281 g/mol. The average Bonchev–Trinajstić information content (AvgIpc) is 2.87. The van der Waals surface area contributed by atoms with Gasteiger partial charge in [-0.25, -0.2) is 4.98 Å². The molecule has 0 saturated carbocycles. The number of nitrogens with zero attached hydrogens (tertiary/aromatic N) is 2. The second-order valence-electron chi connectivity index (χ2n) is 5.61. The number of hydrogen-bond acceptors (Lipinski definition) is 5. The molecule has 1 atom stereocenters. The van der Waals surface area contributed by atoms with Crippen LogP contribution in [-0.4, -0.2) is 49.3 Å². The first-order chi connectivity index (χ1) is 9.33. The van der Waals surface area contributed by atoms with Gasteiger partial charge >= 0.3 is 0 Å². The predicted octanol–water partition coefficient (Wildman–Crippen LogP) is 1.82. The van der Waals surface area contributed by atoms with E-state index in [-0.39, 0.29) is 0 Å². The fraction of sp³-hybridized carbons (Fsp3) is 0.786. The highest BCUT2D eigenvalue weighted by molar-refractivity contribution is 7.09. The number of ether oxygens (including phenoxy) is 1. The minimum atomic E-state index is 0.377. The van der Waals surface area contributed by atoms with Gasteiger partial charge in [-0.05, 0) is 38.8 Å². The zero-order valence-electron chi connectivity index (χ0n) is 11.6. The van der Waals surface area contributed by atoms with Crippen molar-refractivity contribution in [1.82, 2.24) is 15.2 Å². The summed E-state index contributed by atoms with van der Waals surface area (Å²) >= 11 is 1.78. The maximum Gasteiger partial charge on any atom is 0.112 e. The standard InChI is InChI=1S/C14H23N3OS/c1-11-10-19-14(16-11)13-9-18-7-6-17(13)8-12-2-4-15-5-3-12/h10,12-13,15H,2-9H2,1H3. The fourth-order valence-electron chi connectivity index (χ4n) is 3.01. The summed E-state index contributed by atoms with van der Waals surface area (Å²) in [6.07, 6.45) is 2.61. The Morgan fingerprint density at radius 1 is 1.47 bits per heavy atom. The SMILES string of the molecule is Cc1csc(C2COCCN2CC2CCNCC2)n1. The Balaban J connectivity index is 1.66. The van der Waals surface area contributed by atoms with Gasteiger partial charge in [-0.3, -0.25) is 4.90 Å². The first-order valence-electron chi connectivity index (χ1n) is 7.27. The van der Waals surface area contributed by atoms with E-state index in [1.165, 1.54) is 37.5 Å². The fourth-order valence-corrected chi connectivity index (χ4v) is 3.92. The molecule has 4 nitrogen and oxygen atoms in total. The Kier molecular flexibility index (Phi) is 4.48. The second-order valence-corrected chi connectivity index (χ2v) is 6.50. The van der Waals surface area contributed by atoms with E-state index in [0.29, 0.717) is 6.04 Å². The largest absolute Gasteiger partial charge is 0.378 e. The molecule has 3 rings (SSSR count). The van der Waals surface area contributed by atoms with Crippen molar-refractivity contribution < 1.29 is 4.74 Å². The number of morpholine rings is 1. The average molecular weight is 281 g/mol. The van der Waals surface area contributed by atoms with Crippen molar-refractivity contribution >= 4 is 11.3 Å². The van der Waals surface area contributed by atoms with Gasteiger partial charge in [-0.1, -0.05) is 0 Å². The molecule has 106 valence electrons. The van der Waals surface area contributed by atoms with Gasteiger partial charge in [0.2, 0.25) is 0 Å². The van der Waals surface area contributed by atoms with Crippen molar-refractivity contribution in [2.75, 3.05) is 39.4 Å². The second kappa shape index (κ2) is 6.31. The maximum atomic E-state index is 5.68. The van der Waals surface area contributed by atoms with Gasteiger partial charge in [0.1, 0.15) is 5.01 Å². The molecule has 1 aromatic rings. The van der Waals surface area contributed by atoms with Crippen LogP contribution in [0.4, 0.5) is 0 Å². The van der Waals surface area contributed by atoms with Crippen molar-refractivity contribution in [2.24, 2.45) is 5.92 Å². The van der Waals surface area contributed by atoms with Crippen molar-refractivity contribution in [3.05, 3.63) is 16.1 Å². The van der Waals surface area contributed by atoms with Crippen molar-refractivity contribution in [2.45, 2.75) is 25.8 Å². The van der Waals surface area contributed by atoms with E-state index < -0.39 is 0 Å². The molecular weight excluding hydrogens is 258 g/mol. The van der Waals surface area contributed by atoms with Crippen LogP contribution in [0.25, 0.3) is 0 Å². The Morgan fingerprint density at radius 2 is 2.32 bits per heavy atom. The number of nitrogens with one attached hydrogen (secondary N) is 1. The maximum absolute atomic E-state index is 5.68. The van der Waals surface area contributed by atoms with Crippen LogP contribution < -0.4 is 5.32 Å². The molecule has 1 N–H and O–H groups in total. The van der Waals surface area contributed by atoms with E-state index in [1.807, 2.05) is 0 Å². The summed E-state index contributed by atoms with van der Waals surface area (Å²) in [6, 6.07) is 0.377. The van der Waals surface area contributed by atoms with Gasteiger partial charge in [-0.2, -0.15) is 0 Å². The Morgan fingerprint density at radius 3 is 3.05 bits per heavy atom. The first kappa shape index (κ1) is 13.5. The molecule has 2 saturated heterocycles. The zero-order chi connectivity index (χ0) is 13.1. The van der Waals surface area contributed by atoms with Gasteiger partial charge in [0.05, 0.1) is 19.3 Å². The molecule has 0 amide bonds. The first-order valence-corrected chi connectivity index (χ1v) is 8.15. The van der Waals surface area contributed by atoms with Crippen LogP contribution >= 0.6 is 11.3 Å². The minimum Gasteiger partial charge on any atom is -0.378 e. The van der Waals surface area contributed by atoms with Crippen molar-refractivity contribution in [3.63, 3.8) is 0 Å². The topological polar surface area (TPSA) is 37.4 Å². The van der Waals surface area contributed by atoms with Crippen LogP contribution in [0.3, 0.4) is 0 Å². The summed E-state index contributed by atoms with van der Waals surface area (Å²) in [5, 5.41) is 6.82. The highest BCUT2D eigenvalue weighted by Crippen LogP contribution is 2.28. The van der Waals surface area contributed by atoms with Gasteiger partial charge in [0, 0.05) is 24.2 Å². The molecule has 0 radical (unpaired) electrons. The van der Waals surface area contributed by atoms with E-state index in [1.54, 1.807) is 11.3 Å². The van der Waals surface area contributed by atoms with E-state index in [4.69, 9.17) is 4.74 Å². The lowest BCUT2D eigenvalue weighted by molar-refractivity contribution is -0.0173. The molecule has 1 unspecified atom stereocenters. The molecule has 3 heterocycles. The number of hydrogen-bond donors (Lipinski definition) is 1. The lowest BCUT2D eigenvalue weighted by Crippen LogP contribution is -2.44. The quantitative estimate of drug-likeness (QED) is 0.917. The van der Waals surface area contributed by atoms with E-state index in [0.717, 1.165) is 31.4 Å². The van der Waals surface area contributed by atoms with E-state index in [2.05, 4.69) is 27.5 Å². The Labute approximate surface area is 119 Å². The molecule has 19 heavy (non-hydrogen) atoms. The number of piperidine rings is 1. The summed E-state index contributed by atoms with van der Waals surface area (Å²) in [5.74, 6) is 0.836. The Hall–Kier alpha value is -0.490. The molecule has 0 aromatic carbocycles. The van der Waals surface area contributed by atoms with Crippen molar-refractivity contribution in [3.8, 4) is 0 Å². The number of thiazole rings is 1. The lowest BCUT2D eigenvalue weighted by Gasteiger charge is -2.37. The Bertz CT molecular complexity index is 403. The number of rotatable bonds is 3. The highest BCUT2D eigenvalue weighted by Gasteiger charge is 2.29. The minimum absolute atomic E-state index is 0.377. The number of aromatic nitrogens is 1. The lowest BCUT2D eigenvalue weighted by atomic mass is 9.96. The third-order valence-corrected chi connectivity index (χ3v) is 5.18. The molecule has 5 heteroatoms. The van der Waals surface area contributed by atoms with Gasteiger partial charge in [0.25, 0.3) is 0 Å². The van der Waals surface area contributed by atoms with Crippen LogP contribution in [0.5, 0.6) is 0 Å². The third kappa shape index (κ3) is 3.34. The summed E-state index contributed by atoms with van der Waals surface area (Å²) in [4.78, 5) is 7.26. The van der Waals surface area contributed by atoms with Gasteiger partial charge in [0.15, 0.2) is 0 Å². The van der Waals surface area contributed by atoms with E-state index >= 15 is 0 Å². The molecule has 2 aliphatic heterocycles. The summed E-state index contributed by atoms with van der Waals surface area (Å²) in [7, 11) is 0. The summed E-state index contributed by atoms with van der Waals surface area (Å²) in [5.41, 5.74) is 1.13. The van der Waals surface area contributed by atoms with Crippen molar-refractivity contribution in [1.29, 1.82) is 0 Å². The molecule has 2 aliphatic rings. The van der Waals surface area contributed by atoms with Gasteiger partial charge in [-0.15, -0.1) is 11.3 Å². The van der Waals surface area contributed by atoms with Crippen LogP contribution in [0.1, 0.15) is 29.6 Å². The molecule has 0 bridgehead atoms. The molecule has 2 fully saturated rings. The number of aryl methyl sites for hydroxylation is 1. The zero-order valence-corrected chi connectivity index (χ0v) is 12.4. The molecule has 0 aliphatic carbocycles. The van der Waals surface area contributed by atoms with Crippen LogP contribution in [0, 0.1) is 12.8 Å². The van der Waals surface area contributed by atoms with Crippen LogP contribution in [0.2, 0.25) is 0 Å². The smallest absolute Gasteiger partial charge is 0.112 e. The van der Waals surface area contributed by atoms with Crippen LogP contribution in [0.15, 0.2) is 5.38 Å². The molecular formula is C14H23N3OS. The van der Waals surface area contributed by atoms with Crippen LogP contribution in [-0.2, 0) is 4.74 Å². The summed E-state index contributed by atoms with van der Waals surface area (Å²) < 4.78 is 5.68. The summed E-state index contributed by atoms with van der Waals surface area (Å²) in [6.45, 7) is 8.35. The predicted molar refractivity (Wildman–Crippen MR) is 77.6 cm³/mol. The van der Waals surface area contributed by atoms with E-state index in [9.17, 15) is 0 Å². The van der Waals surface area contributed by atoms with Gasteiger partial charge < -0.3 is 10.1 Å². The molecule has 1 aromatic heterocycles. The molecule has 0 spiro atoms. The normalized spacial score (nSPS) is 26.7.